The molecule has 0 N–H and O–H groups in total. The number of carbonyl (C=O) groups excluding carboxylic acids is 1. The van der Waals surface area contributed by atoms with Gasteiger partial charge in [0.15, 0.2) is 0 Å². The fourth-order valence-corrected chi connectivity index (χ4v) is 0.589. The van der Waals surface area contributed by atoms with Crippen LogP contribution in [0.4, 0.5) is 13.2 Å². The van der Waals surface area contributed by atoms with Gasteiger partial charge in [0, 0.05) is 0 Å². The summed E-state index contributed by atoms with van der Waals surface area (Å²) in [6, 6.07) is 10.0. The van der Waals surface area contributed by atoms with E-state index in [2.05, 4.69) is 6.58 Å². The molecular formula is C10H9F3O. The molecule has 0 spiro atoms. The minimum Gasteiger partial charge on any atom is -0.293 e. The summed E-state index contributed by atoms with van der Waals surface area (Å²) < 4.78 is 31.2. The molecule has 4 heteroatoms. The van der Waals surface area contributed by atoms with Crippen LogP contribution < -0.4 is 0 Å². The zero-order valence-electron chi connectivity index (χ0n) is 7.29. The third kappa shape index (κ3) is 7.09. The lowest BCUT2D eigenvalue weighted by Crippen LogP contribution is -2.07. The van der Waals surface area contributed by atoms with Gasteiger partial charge in [-0.05, 0) is 5.56 Å². The summed E-state index contributed by atoms with van der Waals surface area (Å²) in [5.74, 6) is 0. The quantitative estimate of drug-likeness (QED) is 0.639. The fraction of sp³-hybridized carbons (Fsp3) is 0.100. The topological polar surface area (TPSA) is 17.1 Å². The number of rotatable bonds is 1. The number of carbonyl (C=O) groups is 1. The highest BCUT2D eigenvalue weighted by Gasteiger charge is 2.24. The van der Waals surface area contributed by atoms with Gasteiger partial charge in [0.25, 0.3) is 0 Å². The van der Waals surface area contributed by atoms with Crippen LogP contribution >= 0.6 is 0 Å². The number of halogens is 3. The van der Waals surface area contributed by atoms with Gasteiger partial charge >= 0.3 is 6.18 Å². The smallest absolute Gasteiger partial charge is 0.293 e. The summed E-state index contributed by atoms with van der Waals surface area (Å²) in [5.41, 5.74) is 1.17. The Morgan fingerprint density at radius 2 is 1.57 bits per heavy atom. The van der Waals surface area contributed by atoms with E-state index in [1.54, 1.807) is 0 Å². The molecule has 0 fully saturated rings. The van der Waals surface area contributed by atoms with Crippen molar-refractivity contribution in [2.45, 2.75) is 6.18 Å². The van der Waals surface area contributed by atoms with Crippen LogP contribution in [0.3, 0.4) is 0 Å². The summed E-state index contributed by atoms with van der Waals surface area (Å²) in [6.07, 6.45) is -3.87. The molecule has 0 heterocycles. The summed E-state index contributed by atoms with van der Waals surface area (Å²) >= 11 is 0. The van der Waals surface area contributed by atoms with Crippen LogP contribution in [-0.4, -0.2) is 12.5 Å². The Morgan fingerprint density at radius 1 is 1.14 bits per heavy atom. The van der Waals surface area contributed by atoms with Gasteiger partial charge in [0.05, 0.1) is 0 Å². The lowest BCUT2D eigenvalue weighted by atomic mass is 10.2. The number of hydrogen-bond acceptors (Lipinski definition) is 1. The van der Waals surface area contributed by atoms with E-state index in [-0.39, 0.29) is 0 Å². The minimum atomic E-state index is -4.64. The largest absolute Gasteiger partial charge is 0.446 e. The molecule has 0 atom stereocenters. The average Bonchev–Trinajstić information content (AvgIpc) is 2.19. The first-order valence-electron chi connectivity index (χ1n) is 3.70. The maximum atomic E-state index is 10.4. The zero-order chi connectivity index (χ0) is 11.0. The molecule has 1 aromatic carbocycles. The van der Waals surface area contributed by atoms with Gasteiger partial charge in [-0.25, -0.2) is 0 Å². The highest BCUT2D eigenvalue weighted by Crippen LogP contribution is 2.08. The standard InChI is InChI=1S/C8H8.C2HF3O/c1-2-8-6-4-3-5-7-8;3-2(4,5)1-6/h2-7H,1H2;1H. The summed E-state index contributed by atoms with van der Waals surface area (Å²) in [6.45, 7) is 3.63. The predicted molar refractivity (Wildman–Crippen MR) is 48.7 cm³/mol. The van der Waals surface area contributed by atoms with Crippen molar-refractivity contribution in [3.63, 3.8) is 0 Å². The summed E-state index contributed by atoms with van der Waals surface area (Å²) in [7, 11) is 0. The van der Waals surface area contributed by atoms with Crippen LogP contribution in [0.1, 0.15) is 5.56 Å². The molecule has 0 saturated heterocycles. The molecule has 0 radical (unpaired) electrons. The SMILES string of the molecule is C=Cc1ccccc1.O=CC(F)(F)F. The van der Waals surface area contributed by atoms with Crippen LogP contribution in [0.25, 0.3) is 6.08 Å². The molecule has 0 amide bonds. The Labute approximate surface area is 79.9 Å². The first-order chi connectivity index (χ1) is 6.49. The van der Waals surface area contributed by atoms with Crippen molar-refractivity contribution in [3.8, 4) is 0 Å². The first kappa shape index (κ1) is 12.4. The van der Waals surface area contributed by atoms with E-state index in [1.807, 2.05) is 36.4 Å². The number of alkyl halides is 3. The lowest BCUT2D eigenvalue weighted by molar-refractivity contribution is -0.156. The lowest BCUT2D eigenvalue weighted by Gasteiger charge is -1.87. The summed E-state index contributed by atoms with van der Waals surface area (Å²) in [4.78, 5) is 8.70. The van der Waals surface area contributed by atoms with E-state index >= 15 is 0 Å². The molecule has 0 unspecified atom stereocenters. The molecule has 76 valence electrons. The number of hydrogen-bond donors (Lipinski definition) is 0. The zero-order valence-corrected chi connectivity index (χ0v) is 7.29. The Bertz CT molecular complexity index is 277. The Morgan fingerprint density at radius 3 is 1.79 bits per heavy atom. The minimum absolute atomic E-state index is 1.06. The maximum absolute atomic E-state index is 10.4. The monoisotopic (exact) mass is 202 g/mol. The van der Waals surface area contributed by atoms with E-state index in [0.717, 1.165) is 0 Å². The van der Waals surface area contributed by atoms with Gasteiger partial charge < -0.3 is 0 Å². The molecule has 0 aliphatic rings. The Hall–Kier alpha value is -1.58. The molecule has 0 aliphatic heterocycles. The van der Waals surface area contributed by atoms with Crippen LogP contribution in [0.5, 0.6) is 0 Å². The van der Waals surface area contributed by atoms with E-state index in [0.29, 0.717) is 0 Å². The molecule has 14 heavy (non-hydrogen) atoms. The predicted octanol–water partition coefficient (Wildman–Crippen LogP) is 3.08. The Kier molecular flexibility index (Phi) is 5.29. The molecular weight excluding hydrogens is 193 g/mol. The first-order valence-corrected chi connectivity index (χ1v) is 3.70. The molecule has 1 aromatic rings. The molecule has 0 aromatic heterocycles. The highest BCUT2D eigenvalue weighted by molar-refractivity contribution is 5.56. The van der Waals surface area contributed by atoms with Crippen molar-refractivity contribution in [3.05, 3.63) is 42.5 Å². The van der Waals surface area contributed by atoms with Crippen molar-refractivity contribution in [1.29, 1.82) is 0 Å². The van der Waals surface area contributed by atoms with Crippen LogP contribution in [0, 0.1) is 0 Å². The second-order valence-corrected chi connectivity index (χ2v) is 2.27. The Balaban J connectivity index is 0.000000255. The van der Waals surface area contributed by atoms with Crippen LogP contribution in [-0.2, 0) is 4.79 Å². The van der Waals surface area contributed by atoms with E-state index in [1.165, 1.54) is 5.56 Å². The van der Waals surface area contributed by atoms with Gasteiger partial charge in [0.1, 0.15) is 0 Å². The van der Waals surface area contributed by atoms with Crippen LogP contribution in [0.15, 0.2) is 36.9 Å². The second-order valence-electron chi connectivity index (χ2n) is 2.27. The van der Waals surface area contributed by atoms with Crippen LogP contribution in [0.2, 0.25) is 0 Å². The molecule has 0 aliphatic carbocycles. The van der Waals surface area contributed by atoms with E-state index < -0.39 is 12.5 Å². The van der Waals surface area contributed by atoms with Crippen molar-refractivity contribution < 1.29 is 18.0 Å². The van der Waals surface area contributed by atoms with Crippen molar-refractivity contribution in [1.82, 2.24) is 0 Å². The maximum Gasteiger partial charge on any atom is 0.446 e. The molecule has 0 saturated carbocycles. The molecule has 1 nitrogen and oxygen atoms in total. The normalized spacial score (nSPS) is 9.64. The average molecular weight is 202 g/mol. The van der Waals surface area contributed by atoms with E-state index in [4.69, 9.17) is 4.79 Å². The van der Waals surface area contributed by atoms with Crippen molar-refractivity contribution in [2.24, 2.45) is 0 Å². The van der Waals surface area contributed by atoms with Gasteiger partial charge in [-0.15, -0.1) is 0 Å². The van der Waals surface area contributed by atoms with E-state index in [9.17, 15) is 13.2 Å². The highest BCUT2D eigenvalue weighted by atomic mass is 19.4. The van der Waals surface area contributed by atoms with Gasteiger partial charge in [-0.3, -0.25) is 4.79 Å². The second kappa shape index (κ2) is 5.96. The van der Waals surface area contributed by atoms with Crippen molar-refractivity contribution in [2.75, 3.05) is 0 Å². The summed E-state index contributed by atoms with van der Waals surface area (Å²) in [5, 5.41) is 0. The molecule has 0 bridgehead atoms. The van der Waals surface area contributed by atoms with Gasteiger partial charge in [-0.1, -0.05) is 43.0 Å². The third-order valence-corrected chi connectivity index (χ3v) is 1.17. The van der Waals surface area contributed by atoms with Crippen molar-refractivity contribution >= 4 is 12.4 Å². The number of aldehydes is 1. The number of benzene rings is 1. The van der Waals surface area contributed by atoms with Gasteiger partial charge in [0.2, 0.25) is 6.29 Å². The fourth-order valence-electron chi connectivity index (χ4n) is 0.589. The van der Waals surface area contributed by atoms with Gasteiger partial charge in [-0.2, -0.15) is 13.2 Å². The third-order valence-electron chi connectivity index (χ3n) is 1.17. The molecule has 1 rings (SSSR count).